The van der Waals surface area contributed by atoms with Crippen molar-refractivity contribution in [3.8, 4) is 6.07 Å². The van der Waals surface area contributed by atoms with Crippen molar-refractivity contribution in [1.82, 2.24) is 0 Å². The molecule has 0 saturated heterocycles. The standard InChI is InChI=1S/C11H9BrN2O3/c1-2-7(6-13)11(15)8-3-9(12)5-10(4-8)14(16)17/h3-5,7H,2H2,1H3. The third-order valence-corrected chi connectivity index (χ3v) is 2.72. The highest BCUT2D eigenvalue weighted by molar-refractivity contribution is 9.10. The van der Waals surface area contributed by atoms with Crippen LogP contribution in [-0.2, 0) is 0 Å². The SMILES string of the molecule is CCC(C#N)C(=O)c1cc(Br)cc([N+](=O)[O-])c1. The summed E-state index contributed by atoms with van der Waals surface area (Å²) in [5.41, 5.74) is 0.00925. The van der Waals surface area contributed by atoms with E-state index in [-0.39, 0.29) is 17.0 Å². The molecule has 0 aromatic heterocycles. The molecule has 1 unspecified atom stereocenters. The van der Waals surface area contributed by atoms with E-state index in [2.05, 4.69) is 15.9 Å². The minimum Gasteiger partial charge on any atom is -0.293 e. The molecule has 0 amide bonds. The summed E-state index contributed by atoms with van der Waals surface area (Å²) in [6.45, 7) is 1.72. The molecule has 1 aromatic carbocycles. The van der Waals surface area contributed by atoms with E-state index in [9.17, 15) is 14.9 Å². The molecule has 1 atom stereocenters. The van der Waals surface area contributed by atoms with Gasteiger partial charge < -0.3 is 0 Å². The summed E-state index contributed by atoms with van der Waals surface area (Å²) in [6.07, 6.45) is 0.385. The van der Waals surface area contributed by atoms with Gasteiger partial charge in [-0.2, -0.15) is 5.26 Å². The maximum Gasteiger partial charge on any atom is 0.271 e. The first-order valence-corrected chi connectivity index (χ1v) is 5.67. The number of ketones is 1. The summed E-state index contributed by atoms with van der Waals surface area (Å²) in [5, 5.41) is 19.4. The summed E-state index contributed by atoms with van der Waals surface area (Å²) in [7, 11) is 0. The molecule has 0 aliphatic carbocycles. The van der Waals surface area contributed by atoms with Crippen molar-refractivity contribution in [2.45, 2.75) is 13.3 Å². The molecular formula is C11H9BrN2O3. The van der Waals surface area contributed by atoms with Gasteiger partial charge in [-0.1, -0.05) is 22.9 Å². The van der Waals surface area contributed by atoms with Gasteiger partial charge in [-0.25, -0.2) is 0 Å². The number of Topliss-reactive ketones (excluding diaryl/α,β-unsaturated/α-hetero) is 1. The second-order valence-electron chi connectivity index (χ2n) is 3.41. The lowest BCUT2D eigenvalue weighted by Gasteiger charge is -2.05. The van der Waals surface area contributed by atoms with Crippen LogP contribution in [0.5, 0.6) is 0 Å². The number of nitriles is 1. The predicted octanol–water partition coefficient (Wildman–Crippen LogP) is 3.09. The average molecular weight is 297 g/mol. The van der Waals surface area contributed by atoms with Crippen LogP contribution in [0.4, 0.5) is 5.69 Å². The fourth-order valence-corrected chi connectivity index (χ4v) is 1.84. The second-order valence-corrected chi connectivity index (χ2v) is 4.33. The maximum absolute atomic E-state index is 11.9. The molecule has 0 N–H and O–H groups in total. The van der Waals surface area contributed by atoms with Crippen LogP contribution >= 0.6 is 15.9 Å². The zero-order valence-corrected chi connectivity index (χ0v) is 10.6. The van der Waals surface area contributed by atoms with Gasteiger partial charge in [0.15, 0.2) is 5.78 Å². The number of benzene rings is 1. The number of carbonyl (C=O) groups is 1. The van der Waals surface area contributed by atoms with Gasteiger partial charge in [-0.15, -0.1) is 0 Å². The number of hydrogen-bond acceptors (Lipinski definition) is 4. The van der Waals surface area contributed by atoms with Gasteiger partial charge in [0.2, 0.25) is 0 Å². The van der Waals surface area contributed by atoms with Gasteiger partial charge in [-0.05, 0) is 12.5 Å². The highest BCUT2D eigenvalue weighted by Gasteiger charge is 2.20. The molecule has 0 aliphatic rings. The van der Waals surface area contributed by atoms with E-state index >= 15 is 0 Å². The molecule has 0 bridgehead atoms. The van der Waals surface area contributed by atoms with Crippen molar-refractivity contribution in [2.24, 2.45) is 5.92 Å². The van der Waals surface area contributed by atoms with Gasteiger partial charge >= 0.3 is 0 Å². The first-order valence-electron chi connectivity index (χ1n) is 4.88. The van der Waals surface area contributed by atoms with Gasteiger partial charge in [0.25, 0.3) is 5.69 Å². The molecule has 0 saturated carbocycles. The molecule has 0 fully saturated rings. The van der Waals surface area contributed by atoms with Crippen molar-refractivity contribution < 1.29 is 9.72 Å². The monoisotopic (exact) mass is 296 g/mol. The number of rotatable bonds is 4. The van der Waals surface area contributed by atoms with Crippen LogP contribution in [0.1, 0.15) is 23.7 Å². The van der Waals surface area contributed by atoms with Crippen LogP contribution in [0.3, 0.4) is 0 Å². The summed E-state index contributed by atoms with van der Waals surface area (Å²) in [4.78, 5) is 21.9. The largest absolute Gasteiger partial charge is 0.293 e. The lowest BCUT2D eigenvalue weighted by molar-refractivity contribution is -0.385. The Hall–Kier alpha value is -1.74. The lowest BCUT2D eigenvalue weighted by atomic mass is 9.96. The highest BCUT2D eigenvalue weighted by Crippen LogP contribution is 2.23. The van der Waals surface area contributed by atoms with E-state index in [1.807, 2.05) is 6.07 Å². The minimum atomic E-state index is -0.760. The van der Waals surface area contributed by atoms with Crippen LogP contribution in [-0.4, -0.2) is 10.7 Å². The Kier molecular flexibility index (Phi) is 4.35. The zero-order valence-electron chi connectivity index (χ0n) is 9.01. The number of hydrogen-bond donors (Lipinski definition) is 0. The molecule has 0 spiro atoms. The van der Waals surface area contributed by atoms with Crippen molar-refractivity contribution in [1.29, 1.82) is 5.26 Å². The fraction of sp³-hybridized carbons (Fsp3) is 0.273. The molecule has 1 rings (SSSR count). The Morgan fingerprint density at radius 3 is 2.71 bits per heavy atom. The van der Waals surface area contributed by atoms with Gasteiger partial charge in [0.05, 0.1) is 11.0 Å². The third-order valence-electron chi connectivity index (χ3n) is 2.26. The lowest BCUT2D eigenvalue weighted by Crippen LogP contribution is -2.12. The zero-order chi connectivity index (χ0) is 13.0. The molecule has 0 aliphatic heterocycles. The molecule has 5 nitrogen and oxygen atoms in total. The van der Waals surface area contributed by atoms with Crippen molar-refractivity contribution in [3.05, 3.63) is 38.3 Å². The summed E-state index contributed by atoms with van der Waals surface area (Å²) >= 11 is 3.10. The quantitative estimate of drug-likeness (QED) is 0.485. The minimum absolute atomic E-state index is 0.171. The molecular weight excluding hydrogens is 288 g/mol. The Morgan fingerprint density at radius 2 is 2.24 bits per heavy atom. The molecule has 1 aromatic rings. The second kappa shape index (κ2) is 5.55. The highest BCUT2D eigenvalue weighted by atomic mass is 79.9. The molecule has 0 radical (unpaired) electrons. The first-order chi connectivity index (χ1) is 7.99. The maximum atomic E-state index is 11.9. The Bertz CT molecular complexity index is 508. The van der Waals surface area contributed by atoms with Crippen molar-refractivity contribution in [3.63, 3.8) is 0 Å². The van der Waals surface area contributed by atoms with Gasteiger partial charge in [0.1, 0.15) is 5.92 Å². The molecule has 6 heteroatoms. The number of nitro groups is 1. The molecule has 88 valence electrons. The summed E-state index contributed by atoms with van der Waals surface area (Å²) in [5.74, 6) is -1.15. The van der Waals surface area contributed by atoms with E-state index in [4.69, 9.17) is 5.26 Å². The Morgan fingerprint density at radius 1 is 1.59 bits per heavy atom. The van der Waals surface area contributed by atoms with E-state index in [0.717, 1.165) is 0 Å². The van der Waals surface area contributed by atoms with Crippen molar-refractivity contribution >= 4 is 27.4 Å². The van der Waals surface area contributed by atoms with Gasteiger partial charge in [0, 0.05) is 22.2 Å². The number of halogens is 1. The number of nitrogens with zero attached hydrogens (tertiary/aromatic N) is 2. The van der Waals surface area contributed by atoms with Crippen LogP contribution in [0.2, 0.25) is 0 Å². The molecule has 0 heterocycles. The van der Waals surface area contributed by atoms with E-state index in [1.54, 1.807) is 6.92 Å². The Balaban J connectivity index is 3.19. The predicted molar refractivity (Wildman–Crippen MR) is 64.5 cm³/mol. The topological polar surface area (TPSA) is 84.0 Å². The Labute approximate surface area is 106 Å². The van der Waals surface area contributed by atoms with Crippen LogP contribution in [0.15, 0.2) is 22.7 Å². The van der Waals surface area contributed by atoms with E-state index in [1.165, 1.54) is 18.2 Å². The number of nitro benzene ring substituents is 1. The van der Waals surface area contributed by atoms with Crippen LogP contribution in [0, 0.1) is 27.4 Å². The van der Waals surface area contributed by atoms with Crippen LogP contribution < -0.4 is 0 Å². The fourth-order valence-electron chi connectivity index (χ4n) is 1.36. The van der Waals surface area contributed by atoms with Crippen molar-refractivity contribution in [2.75, 3.05) is 0 Å². The normalized spacial score (nSPS) is 11.6. The number of carbonyl (C=O) groups excluding carboxylic acids is 1. The average Bonchev–Trinajstić information content (AvgIpc) is 2.29. The van der Waals surface area contributed by atoms with Crippen LogP contribution in [0.25, 0.3) is 0 Å². The smallest absolute Gasteiger partial charge is 0.271 e. The summed E-state index contributed by atoms with van der Waals surface area (Å²) in [6, 6.07) is 5.86. The van der Waals surface area contributed by atoms with Gasteiger partial charge in [-0.3, -0.25) is 14.9 Å². The molecule has 17 heavy (non-hydrogen) atoms. The van der Waals surface area contributed by atoms with E-state index in [0.29, 0.717) is 10.9 Å². The summed E-state index contributed by atoms with van der Waals surface area (Å²) < 4.78 is 0.447. The van der Waals surface area contributed by atoms with E-state index < -0.39 is 10.8 Å². The number of non-ortho nitro benzene ring substituents is 1. The first kappa shape index (κ1) is 13.3. The third kappa shape index (κ3) is 3.11.